The van der Waals surface area contributed by atoms with Gasteiger partial charge in [0.2, 0.25) is 5.91 Å². The number of nitrogens with zero attached hydrogens (tertiary/aromatic N) is 1. The van der Waals surface area contributed by atoms with Crippen molar-refractivity contribution in [2.24, 2.45) is 11.7 Å². The highest BCUT2D eigenvalue weighted by molar-refractivity contribution is 7.87. The molecule has 0 aliphatic carbocycles. The third kappa shape index (κ3) is 7.60. The Labute approximate surface area is 185 Å². The molecule has 0 saturated heterocycles. The molecule has 2 aromatic rings. The summed E-state index contributed by atoms with van der Waals surface area (Å²) in [5, 5.41) is 2.46. The average molecular weight is 470 g/mol. The van der Waals surface area contributed by atoms with Crippen molar-refractivity contribution in [3.63, 3.8) is 0 Å². The van der Waals surface area contributed by atoms with Crippen LogP contribution in [-0.2, 0) is 37.5 Å². The van der Waals surface area contributed by atoms with Gasteiger partial charge in [-0.05, 0) is 51.3 Å². The molecule has 1 heterocycles. The van der Waals surface area contributed by atoms with E-state index in [0.717, 1.165) is 5.69 Å². The highest BCUT2D eigenvalue weighted by Gasteiger charge is 2.39. The number of hydrogen-bond acceptors (Lipinski definition) is 7. The number of carbonyl (C=O) groups excluding carboxylic acids is 2. The van der Waals surface area contributed by atoms with Crippen LogP contribution in [0.3, 0.4) is 0 Å². The Morgan fingerprint density at radius 3 is 2.32 bits per heavy atom. The second kappa shape index (κ2) is 9.75. The highest BCUT2D eigenvalue weighted by atomic mass is 32.2. The zero-order valence-corrected chi connectivity index (χ0v) is 19.4. The molecular formula is C20H27N3O6S2. The lowest BCUT2D eigenvalue weighted by Crippen LogP contribution is -2.40. The third-order valence-corrected chi connectivity index (χ3v) is 5.79. The fourth-order valence-electron chi connectivity index (χ4n) is 2.96. The van der Waals surface area contributed by atoms with E-state index >= 15 is 0 Å². The monoisotopic (exact) mass is 469 g/mol. The van der Waals surface area contributed by atoms with Crippen molar-refractivity contribution in [2.45, 2.75) is 52.1 Å². The van der Waals surface area contributed by atoms with E-state index in [4.69, 9.17) is 15.0 Å². The minimum absolute atomic E-state index is 0.170. The van der Waals surface area contributed by atoms with Gasteiger partial charge in [-0.25, -0.2) is 4.98 Å². The number of ether oxygens (including phenoxy) is 1. The number of thiazole rings is 1. The van der Waals surface area contributed by atoms with E-state index in [1.165, 1.54) is 23.5 Å². The van der Waals surface area contributed by atoms with Crippen LogP contribution < -0.4 is 10.5 Å². The van der Waals surface area contributed by atoms with Gasteiger partial charge in [-0.3, -0.25) is 18.9 Å². The lowest BCUT2D eigenvalue weighted by atomic mass is 9.86. The SMILES string of the molecule is CCc1csc(C(Cc2ccc(NS(=O)(=O)O)cc2)C(C(N)=O)C(=O)OC(C)(C)C)n1. The Kier molecular flexibility index (Phi) is 7.79. The van der Waals surface area contributed by atoms with Gasteiger partial charge in [-0.15, -0.1) is 11.3 Å². The van der Waals surface area contributed by atoms with E-state index in [2.05, 4.69) is 4.98 Å². The van der Waals surface area contributed by atoms with Crippen LogP contribution in [-0.4, -0.2) is 35.4 Å². The fourth-order valence-corrected chi connectivity index (χ4v) is 4.43. The summed E-state index contributed by atoms with van der Waals surface area (Å²) in [6, 6.07) is 6.18. The van der Waals surface area contributed by atoms with Crippen molar-refractivity contribution in [1.29, 1.82) is 0 Å². The summed E-state index contributed by atoms with van der Waals surface area (Å²) in [6.07, 6.45) is 0.947. The lowest BCUT2D eigenvalue weighted by Gasteiger charge is -2.26. The lowest BCUT2D eigenvalue weighted by molar-refractivity contribution is -0.162. The third-order valence-electron chi connectivity index (χ3n) is 4.27. The maximum absolute atomic E-state index is 12.8. The Hall–Kier alpha value is -2.50. The molecule has 4 N–H and O–H groups in total. The quantitative estimate of drug-likeness (QED) is 0.290. The molecule has 0 aliphatic rings. The van der Waals surface area contributed by atoms with Crippen LogP contribution in [0.25, 0.3) is 0 Å². The number of aryl methyl sites for hydroxylation is 1. The first kappa shape index (κ1) is 24.8. The number of nitrogens with two attached hydrogens (primary N) is 1. The van der Waals surface area contributed by atoms with Crippen LogP contribution in [0, 0.1) is 5.92 Å². The molecule has 0 bridgehead atoms. The van der Waals surface area contributed by atoms with Gasteiger partial charge in [-0.2, -0.15) is 8.42 Å². The van der Waals surface area contributed by atoms with Crippen molar-refractivity contribution >= 4 is 39.2 Å². The molecule has 1 aromatic heterocycles. The molecule has 1 amide bonds. The summed E-state index contributed by atoms with van der Waals surface area (Å²) >= 11 is 1.34. The first-order chi connectivity index (χ1) is 14.3. The van der Waals surface area contributed by atoms with E-state index in [1.807, 2.05) is 17.0 Å². The second-order valence-corrected chi connectivity index (χ2v) is 10.1. The number of anilines is 1. The largest absolute Gasteiger partial charge is 0.459 e. The number of primary amides is 1. The van der Waals surface area contributed by atoms with Gasteiger partial charge in [0, 0.05) is 11.3 Å². The Balaban J connectivity index is 2.40. The zero-order valence-electron chi connectivity index (χ0n) is 17.8. The number of hydrogen-bond donors (Lipinski definition) is 3. The number of benzene rings is 1. The average Bonchev–Trinajstić information content (AvgIpc) is 3.08. The summed E-state index contributed by atoms with van der Waals surface area (Å²) in [6.45, 7) is 7.07. The van der Waals surface area contributed by atoms with Gasteiger partial charge in [0.15, 0.2) is 0 Å². The van der Waals surface area contributed by atoms with E-state index in [0.29, 0.717) is 17.0 Å². The molecule has 0 spiro atoms. The molecule has 2 atom stereocenters. The predicted octanol–water partition coefficient (Wildman–Crippen LogP) is 2.69. The topological polar surface area (TPSA) is 149 Å². The normalized spacial score (nSPS) is 14.0. The predicted molar refractivity (Wildman–Crippen MR) is 118 cm³/mol. The van der Waals surface area contributed by atoms with Gasteiger partial charge in [0.05, 0.1) is 16.4 Å². The van der Waals surface area contributed by atoms with E-state index in [9.17, 15) is 18.0 Å². The summed E-state index contributed by atoms with van der Waals surface area (Å²) in [7, 11) is -4.39. The van der Waals surface area contributed by atoms with E-state index in [1.54, 1.807) is 32.9 Å². The molecule has 0 fully saturated rings. The van der Waals surface area contributed by atoms with Crippen LogP contribution in [0.2, 0.25) is 0 Å². The molecule has 31 heavy (non-hydrogen) atoms. The first-order valence-corrected chi connectivity index (χ1v) is 11.9. The Morgan fingerprint density at radius 1 is 1.26 bits per heavy atom. The number of aromatic nitrogens is 1. The molecule has 170 valence electrons. The van der Waals surface area contributed by atoms with Gasteiger partial charge >= 0.3 is 16.3 Å². The van der Waals surface area contributed by atoms with Crippen molar-refractivity contribution in [1.82, 2.24) is 4.98 Å². The van der Waals surface area contributed by atoms with Crippen molar-refractivity contribution in [2.75, 3.05) is 4.72 Å². The molecule has 0 radical (unpaired) electrons. The van der Waals surface area contributed by atoms with Crippen molar-refractivity contribution in [3.05, 3.63) is 45.9 Å². The maximum Gasteiger partial charge on any atom is 0.357 e. The smallest absolute Gasteiger partial charge is 0.357 e. The molecule has 1 aromatic carbocycles. The molecule has 2 rings (SSSR count). The number of rotatable bonds is 9. The molecule has 0 aliphatic heterocycles. The van der Waals surface area contributed by atoms with Crippen LogP contribution in [0.4, 0.5) is 5.69 Å². The number of esters is 1. The van der Waals surface area contributed by atoms with Crippen LogP contribution in [0.15, 0.2) is 29.6 Å². The summed E-state index contributed by atoms with van der Waals surface area (Å²) in [5.74, 6) is -3.43. The van der Waals surface area contributed by atoms with E-state index < -0.39 is 39.6 Å². The maximum atomic E-state index is 12.8. The summed E-state index contributed by atoms with van der Waals surface area (Å²) in [4.78, 5) is 29.7. The van der Waals surface area contributed by atoms with Crippen molar-refractivity contribution < 1.29 is 27.3 Å². The minimum Gasteiger partial charge on any atom is -0.459 e. The van der Waals surface area contributed by atoms with Gasteiger partial charge in [-0.1, -0.05) is 19.1 Å². The van der Waals surface area contributed by atoms with E-state index in [-0.39, 0.29) is 12.1 Å². The molecule has 2 unspecified atom stereocenters. The van der Waals surface area contributed by atoms with Gasteiger partial charge in [0.25, 0.3) is 0 Å². The first-order valence-electron chi connectivity index (χ1n) is 9.59. The summed E-state index contributed by atoms with van der Waals surface area (Å²) < 4.78 is 38.2. The van der Waals surface area contributed by atoms with Crippen molar-refractivity contribution in [3.8, 4) is 0 Å². The fraction of sp³-hybridized carbons (Fsp3) is 0.450. The second-order valence-electron chi connectivity index (χ2n) is 8.03. The molecule has 0 saturated carbocycles. The summed E-state index contributed by atoms with van der Waals surface area (Å²) in [5.41, 5.74) is 6.54. The number of amides is 1. The van der Waals surface area contributed by atoms with Crippen LogP contribution >= 0.6 is 11.3 Å². The molecule has 9 nitrogen and oxygen atoms in total. The standard InChI is InChI=1S/C20H27N3O6S2/c1-5-13-11-30-18(22-13)15(16(17(21)24)19(25)29-20(2,3)4)10-12-6-8-14(9-7-12)23-31(26,27)28/h6-9,11,15-16,23H,5,10H2,1-4H3,(H2,21,24)(H,26,27,28). The number of nitrogens with one attached hydrogen (secondary N) is 1. The van der Waals surface area contributed by atoms with Gasteiger partial charge in [0.1, 0.15) is 11.5 Å². The Morgan fingerprint density at radius 2 is 1.87 bits per heavy atom. The minimum atomic E-state index is -4.39. The highest BCUT2D eigenvalue weighted by Crippen LogP contribution is 2.33. The molecule has 11 heteroatoms. The Bertz CT molecular complexity index is 1030. The van der Waals surface area contributed by atoms with Gasteiger partial charge < -0.3 is 10.5 Å². The van der Waals surface area contributed by atoms with Crippen LogP contribution in [0.5, 0.6) is 0 Å². The van der Waals surface area contributed by atoms with Crippen LogP contribution in [0.1, 0.15) is 49.9 Å². The number of carbonyl (C=O) groups is 2. The molecular weight excluding hydrogens is 442 g/mol. The zero-order chi connectivity index (χ0) is 23.4.